The molecule has 0 aliphatic heterocycles. The van der Waals surface area contributed by atoms with Gasteiger partial charge in [0.2, 0.25) is 5.95 Å². The molecular formula is C14H18N4. The predicted molar refractivity (Wildman–Crippen MR) is 72.9 cm³/mol. The lowest BCUT2D eigenvalue weighted by Gasteiger charge is -2.08. The maximum atomic E-state index is 8.93. The first-order valence-electron chi connectivity index (χ1n) is 6.27. The van der Waals surface area contributed by atoms with Gasteiger partial charge in [0.05, 0.1) is 22.7 Å². The number of rotatable bonds is 4. The molecule has 4 heteroatoms. The third-order valence-corrected chi connectivity index (χ3v) is 3.07. The number of nitriles is 1. The van der Waals surface area contributed by atoms with Gasteiger partial charge >= 0.3 is 0 Å². The summed E-state index contributed by atoms with van der Waals surface area (Å²) in [5, 5.41) is 8.93. The molecule has 0 unspecified atom stereocenters. The van der Waals surface area contributed by atoms with Crippen LogP contribution < -0.4 is 5.73 Å². The molecule has 2 rings (SSSR count). The van der Waals surface area contributed by atoms with Crippen molar-refractivity contribution in [2.24, 2.45) is 5.92 Å². The molecule has 0 fully saturated rings. The highest BCUT2D eigenvalue weighted by Gasteiger charge is 2.08. The number of benzene rings is 1. The number of anilines is 1. The minimum absolute atomic E-state index is 0.531. The largest absolute Gasteiger partial charge is 0.369 e. The Bertz CT molecular complexity index is 590. The van der Waals surface area contributed by atoms with Gasteiger partial charge < -0.3 is 10.3 Å². The van der Waals surface area contributed by atoms with Crippen molar-refractivity contribution < 1.29 is 0 Å². The van der Waals surface area contributed by atoms with Gasteiger partial charge in [-0.3, -0.25) is 0 Å². The standard InChI is InChI=1S/C14H18N4/c1-10(2)4-3-7-18-13-8-11(9-15)5-6-12(13)17-14(18)16/h5-6,8,10H,3-4,7H2,1-2H3,(H2,16,17). The predicted octanol–water partition coefficient (Wildman–Crippen LogP) is 2.93. The van der Waals surface area contributed by atoms with Gasteiger partial charge in [0.25, 0.3) is 0 Å². The molecule has 0 atom stereocenters. The zero-order valence-electron chi connectivity index (χ0n) is 10.8. The van der Waals surface area contributed by atoms with Crippen molar-refractivity contribution in [2.75, 3.05) is 5.73 Å². The number of nitrogens with two attached hydrogens (primary N) is 1. The second kappa shape index (κ2) is 5.09. The summed E-state index contributed by atoms with van der Waals surface area (Å²) in [6, 6.07) is 7.62. The van der Waals surface area contributed by atoms with Gasteiger partial charge in [-0.1, -0.05) is 13.8 Å². The van der Waals surface area contributed by atoms with Crippen molar-refractivity contribution in [3.05, 3.63) is 23.8 Å². The number of nitrogens with zero attached hydrogens (tertiary/aromatic N) is 3. The van der Waals surface area contributed by atoms with Gasteiger partial charge in [-0.05, 0) is 37.0 Å². The average Bonchev–Trinajstić information content (AvgIpc) is 2.64. The van der Waals surface area contributed by atoms with Crippen LogP contribution in [0.2, 0.25) is 0 Å². The Morgan fingerprint density at radius 2 is 2.22 bits per heavy atom. The van der Waals surface area contributed by atoms with E-state index in [1.165, 1.54) is 0 Å². The van der Waals surface area contributed by atoms with Crippen LogP contribution in [-0.4, -0.2) is 9.55 Å². The number of aryl methyl sites for hydroxylation is 1. The summed E-state index contributed by atoms with van der Waals surface area (Å²) in [6.07, 6.45) is 2.24. The number of imidazole rings is 1. The highest BCUT2D eigenvalue weighted by atomic mass is 15.1. The van der Waals surface area contributed by atoms with Crippen LogP contribution in [0.25, 0.3) is 11.0 Å². The smallest absolute Gasteiger partial charge is 0.201 e. The maximum absolute atomic E-state index is 8.93. The Labute approximate surface area is 107 Å². The van der Waals surface area contributed by atoms with Crippen LogP contribution in [-0.2, 0) is 6.54 Å². The molecule has 0 spiro atoms. The summed E-state index contributed by atoms with van der Waals surface area (Å²) in [7, 11) is 0. The van der Waals surface area contributed by atoms with Crippen LogP contribution in [0.4, 0.5) is 5.95 Å². The van der Waals surface area contributed by atoms with Crippen molar-refractivity contribution in [1.82, 2.24) is 9.55 Å². The number of fused-ring (bicyclic) bond motifs is 1. The summed E-state index contributed by atoms with van der Waals surface area (Å²) < 4.78 is 2.00. The van der Waals surface area contributed by atoms with Crippen molar-refractivity contribution in [2.45, 2.75) is 33.2 Å². The van der Waals surface area contributed by atoms with Gasteiger partial charge in [0.1, 0.15) is 0 Å². The third-order valence-electron chi connectivity index (χ3n) is 3.07. The lowest BCUT2D eigenvalue weighted by Crippen LogP contribution is -2.04. The fourth-order valence-electron chi connectivity index (χ4n) is 2.10. The highest BCUT2D eigenvalue weighted by molar-refractivity contribution is 5.79. The minimum atomic E-state index is 0.531. The van der Waals surface area contributed by atoms with E-state index < -0.39 is 0 Å². The highest BCUT2D eigenvalue weighted by Crippen LogP contribution is 2.20. The minimum Gasteiger partial charge on any atom is -0.369 e. The van der Waals surface area contributed by atoms with Crippen LogP contribution in [0.1, 0.15) is 32.3 Å². The molecule has 1 aromatic carbocycles. The fraction of sp³-hybridized carbons (Fsp3) is 0.429. The normalized spacial score (nSPS) is 11.0. The molecule has 0 radical (unpaired) electrons. The monoisotopic (exact) mass is 242 g/mol. The molecular weight excluding hydrogens is 224 g/mol. The Morgan fingerprint density at radius 3 is 2.89 bits per heavy atom. The van der Waals surface area contributed by atoms with E-state index in [4.69, 9.17) is 11.0 Å². The summed E-state index contributed by atoms with van der Waals surface area (Å²) in [5.74, 6) is 1.22. The second-order valence-corrected chi connectivity index (χ2v) is 4.97. The van der Waals surface area contributed by atoms with E-state index in [9.17, 15) is 0 Å². The summed E-state index contributed by atoms with van der Waals surface area (Å²) in [5.41, 5.74) is 8.39. The number of aromatic nitrogens is 2. The first-order valence-corrected chi connectivity index (χ1v) is 6.27. The zero-order valence-corrected chi connectivity index (χ0v) is 10.8. The molecule has 18 heavy (non-hydrogen) atoms. The van der Waals surface area contributed by atoms with Gasteiger partial charge in [-0.15, -0.1) is 0 Å². The fourth-order valence-corrected chi connectivity index (χ4v) is 2.10. The Kier molecular flexibility index (Phi) is 3.52. The summed E-state index contributed by atoms with van der Waals surface area (Å²) >= 11 is 0. The van der Waals surface area contributed by atoms with E-state index in [0.717, 1.165) is 30.4 Å². The van der Waals surface area contributed by atoms with Crippen LogP contribution in [0, 0.1) is 17.2 Å². The van der Waals surface area contributed by atoms with Crippen LogP contribution >= 0.6 is 0 Å². The van der Waals surface area contributed by atoms with E-state index >= 15 is 0 Å². The summed E-state index contributed by atoms with van der Waals surface area (Å²) in [4.78, 5) is 4.32. The molecule has 0 amide bonds. The van der Waals surface area contributed by atoms with Crippen LogP contribution in [0.15, 0.2) is 18.2 Å². The lowest BCUT2D eigenvalue weighted by molar-refractivity contribution is 0.519. The van der Waals surface area contributed by atoms with E-state index in [2.05, 4.69) is 24.9 Å². The second-order valence-electron chi connectivity index (χ2n) is 4.97. The van der Waals surface area contributed by atoms with Crippen molar-refractivity contribution in [3.63, 3.8) is 0 Å². The van der Waals surface area contributed by atoms with Crippen LogP contribution in [0.3, 0.4) is 0 Å². The van der Waals surface area contributed by atoms with E-state index in [-0.39, 0.29) is 0 Å². The number of nitrogen functional groups attached to an aromatic ring is 1. The Hall–Kier alpha value is -2.02. The molecule has 1 heterocycles. The molecule has 0 aliphatic carbocycles. The van der Waals surface area contributed by atoms with Crippen molar-refractivity contribution in [1.29, 1.82) is 5.26 Å². The molecule has 1 aromatic heterocycles. The molecule has 0 saturated heterocycles. The average molecular weight is 242 g/mol. The number of hydrogen-bond acceptors (Lipinski definition) is 3. The maximum Gasteiger partial charge on any atom is 0.201 e. The lowest BCUT2D eigenvalue weighted by atomic mass is 10.1. The first kappa shape index (κ1) is 12.4. The molecule has 2 aromatic rings. The van der Waals surface area contributed by atoms with Gasteiger partial charge in [-0.2, -0.15) is 5.26 Å². The Balaban J connectivity index is 2.30. The van der Waals surface area contributed by atoms with E-state index in [0.29, 0.717) is 17.4 Å². The van der Waals surface area contributed by atoms with Gasteiger partial charge in [0, 0.05) is 6.54 Å². The van der Waals surface area contributed by atoms with E-state index in [1.54, 1.807) is 6.07 Å². The van der Waals surface area contributed by atoms with Crippen molar-refractivity contribution in [3.8, 4) is 6.07 Å². The number of hydrogen-bond donors (Lipinski definition) is 1. The zero-order chi connectivity index (χ0) is 13.1. The molecule has 94 valence electrons. The van der Waals surface area contributed by atoms with Gasteiger partial charge in [-0.25, -0.2) is 4.98 Å². The van der Waals surface area contributed by atoms with Crippen LogP contribution in [0.5, 0.6) is 0 Å². The Morgan fingerprint density at radius 1 is 1.44 bits per heavy atom. The van der Waals surface area contributed by atoms with Gasteiger partial charge in [0.15, 0.2) is 0 Å². The third kappa shape index (κ3) is 2.45. The molecule has 0 bridgehead atoms. The SMILES string of the molecule is CC(C)CCCn1c(N)nc2ccc(C#N)cc21. The quantitative estimate of drug-likeness (QED) is 0.896. The molecule has 0 aliphatic rings. The summed E-state index contributed by atoms with van der Waals surface area (Å²) in [6.45, 7) is 5.28. The van der Waals surface area contributed by atoms with Crippen molar-refractivity contribution >= 4 is 17.0 Å². The topological polar surface area (TPSA) is 67.6 Å². The molecule has 4 nitrogen and oxygen atoms in total. The molecule has 2 N–H and O–H groups in total. The molecule has 0 saturated carbocycles. The first-order chi connectivity index (χ1) is 8.61. The van der Waals surface area contributed by atoms with E-state index in [1.807, 2.05) is 16.7 Å².